The molecule has 0 saturated heterocycles. The van der Waals surface area contributed by atoms with Crippen LogP contribution in [0.25, 0.3) is 0 Å². The van der Waals surface area contributed by atoms with E-state index in [1.165, 1.54) is 11.1 Å². The van der Waals surface area contributed by atoms with Crippen molar-refractivity contribution in [2.45, 2.75) is 13.8 Å². The lowest BCUT2D eigenvalue weighted by Crippen LogP contribution is -3.00. The minimum atomic E-state index is 0. The summed E-state index contributed by atoms with van der Waals surface area (Å²) in [6.45, 7) is 4.16. The molecule has 0 aromatic heterocycles. The van der Waals surface area contributed by atoms with Crippen LogP contribution in [0.15, 0.2) is 36.4 Å². The van der Waals surface area contributed by atoms with E-state index in [0.29, 0.717) is 0 Å². The molecule has 0 unspecified atom stereocenters. The number of nitrogens with one attached hydrogen (secondary N) is 2. The molecule has 0 aliphatic heterocycles. The van der Waals surface area contributed by atoms with E-state index >= 15 is 0 Å². The highest BCUT2D eigenvalue weighted by atomic mass is 35.5. The van der Waals surface area contributed by atoms with Crippen molar-refractivity contribution in [1.29, 1.82) is 0 Å². The van der Waals surface area contributed by atoms with Crippen molar-refractivity contribution in [3.05, 3.63) is 58.7 Å². The zero-order chi connectivity index (χ0) is 14.7. The summed E-state index contributed by atoms with van der Waals surface area (Å²) >= 11 is 0. The summed E-state index contributed by atoms with van der Waals surface area (Å²) in [5, 5.41) is 12.6. The molecule has 2 aromatic rings. The monoisotopic (exact) mass is 303 g/mol. The molecule has 3 nitrogen and oxygen atoms in total. The highest BCUT2D eigenvalue weighted by molar-refractivity contribution is 6.09. The minimum absolute atomic E-state index is 0. The Labute approximate surface area is 132 Å². The number of halogens is 1. The van der Waals surface area contributed by atoms with Gasteiger partial charge in [-0.25, -0.2) is 0 Å². The second-order valence-electron chi connectivity index (χ2n) is 4.97. The first kappa shape index (κ1) is 17.1. The summed E-state index contributed by atoms with van der Waals surface area (Å²) in [6, 6.07) is 12.5. The fourth-order valence-corrected chi connectivity index (χ4v) is 2.39. The average Bonchev–Trinajstić information content (AvgIpc) is 2.46. The van der Waals surface area contributed by atoms with E-state index in [9.17, 15) is 0 Å². The van der Waals surface area contributed by atoms with Gasteiger partial charge in [0.05, 0.1) is 0 Å². The first-order chi connectivity index (χ1) is 9.56. The van der Waals surface area contributed by atoms with Gasteiger partial charge in [-0.05, 0) is 61.4 Å². The van der Waals surface area contributed by atoms with Crippen LogP contribution >= 0.6 is 0 Å². The van der Waals surface area contributed by atoms with Crippen molar-refractivity contribution >= 4 is 17.1 Å². The van der Waals surface area contributed by atoms with Gasteiger partial charge in [-0.15, -0.1) is 0 Å². The van der Waals surface area contributed by atoms with Crippen molar-refractivity contribution in [2.75, 3.05) is 24.7 Å². The molecule has 0 aliphatic rings. The smallest absolute Gasteiger partial charge is 0.211 e. The van der Waals surface area contributed by atoms with Gasteiger partial charge in [-0.3, -0.25) is 5.41 Å². The first-order valence-corrected chi connectivity index (χ1v) is 6.76. The number of benzene rings is 2. The Hall–Kier alpha value is -2.00. The Morgan fingerprint density at radius 2 is 1.19 bits per heavy atom. The van der Waals surface area contributed by atoms with Gasteiger partial charge in [0.1, 0.15) is 0 Å². The SMILES string of the molecule is CNc1ccc(C(=[NH2+])c2ccc(NC)c(C)c2)cc1C.[Cl-]. The molecule has 4 heteroatoms. The van der Waals surface area contributed by atoms with Crippen LogP contribution in [0.2, 0.25) is 0 Å². The number of nitrogens with two attached hydrogens (primary N) is 1. The molecule has 0 fully saturated rings. The van der Waals surface area contributed by atoms with Crippen molar-refractivity contribution in [3.63, 3.8) is 0 Å². The zero-order valence-corrected chi connectivity index (χ0v) is 13.7. The van der Waals surface area contributed by atoms with E-state index in [1.807, 2.05) is 14.1 Å². The quantitative estimate of drug-likeness (QED) is 0.634. The molecule has 0 bridgehead atoms. The molecular formula is C17H22ClN3. The third kappa shape index (κ3) is 3.56. The molecule has 4 N–H and O–H groups in total. The molecule has 2 rings (SSSR count). The maximum atomic E-state index is 6.31. The predicted molar refractivity (Wildman–Crippen MR) is 86.6 cm³/mol. The van der Waals surface area contributed by atoms with Crippen molar-refractivity contribution in [2.24, 2.45) is 0 Å². The molecule has 0 radical (unpaired) electrons. The van der Waals surface area contributed by atoms with Gasteiger partial charge in [-0.2, -0.15) is 0 Å². The van der Waals surface area contributed by atoms with Gasteiger partial charge < -0.3 is 23.0 Å². The van der Waals surface area contributed by atoms with Gasteiger partial charge in [0.15, 0.2) is 0 Å². The van der Waals surface area contributed by atoms with Crippen molar-refractivity contribution in [1.82, 2.24) is 0 Å². The molecule has 0 heterocycles. The lowest BCUT2D eigenvalue weighted by atomic mass is 9.98. The average molecular weight is 304 g/mol. The predicted octanol–water partition coefficient (Wildman–Crippen LogP) is -1.01. The summed E-state index contributed by atoms with van der Waals surface area (Å²) in [6.07, 6.45) is 0. The largest absolute Gasteiger partial charge is 1.00 e. The van der Waals surface area contributed by atoms with Crippen LogP contribution in [0.3, 0.4) is 0 Å². The van der Waals surface area contributed by atoms with Gasteiger partial charge in [0, 0.05) is 36.6 Å². The minimum Gasteiger partial charge on any atom is -1.00 e. The first-order valence-electron chi connectivity index (χ1n) is 6.76. The third-order valence-corrected chi connectivity index (χ3v) is 3.61. The molecule has 0 amide bonds. The Bertz CT molecular complexity index is 595. The van der Waals surface area contributed by atoms with Crippen LogP contribution in [0.5, 0.6) is 0 Å². The van der Waals surface area contributed by atoms with E-state index < -0.39 is 0 Å². The molecule has 0 atom stereocenters. The molecular weight excluding hydrogens is 282 g/mol. The summed E-state index contributed by atoms with van der Waals surface area (Å²) in [5.41, 5.74) is 7.55. The van der Waals surface area contributed by atoms with Gasteiger partial charge in [-0.1, -0.05) is 0 Å². The Balaban J connectivity index is 0.00000220. The number of hydrogen-bond acceptors (Lipinski definition) is 2. The Morgan fingerprint density at radius 1 is 0.810 bits per heavy atom. The van der Waals surface area contributed by atoms with Crippen LogP contribution in [-0.4, -0.2) is 19.8 Å². The van der Waals surface area contributed by atoms with Crippen LogP contribution in [0, 0.1) is 13.8 Å². The molecule has 2 aromatic carbocycles. The standard InChI is InChI=1S/C17H21N3.ClH/c1-11-9-13(5-7-15(11)19-3)17(18)14-6-8-16(20-4)12(2)10-14;/h5-10,18-20H,1-4H3;1H. The van der Waals surface area contributed by atoms with Crippen LogP contribution < -0.4 is 28.4 Å². The highest BCUT2D eigenvalue weighted by Gasteiger charge is 2.12. The van der Waals surface area contributed by atoms with E-state index in [0.717, 1.165) is 28.2 Å². The third-order valence-electron chi connectivity index (χ3n) is 3.61. The molecule has 21 heavy (non-hydrogen) atoms. The van der Waals surface area contributed by atoms with Crippen LogP contribution in [-0.2, 0) is 0 Å². The van der Waals surface area contributed by atoms with E-state index in [4.69, 9.17) is 5.41 Å². The zero-order valence-electron chi connectivity index (χ0n) is 12.9. The van der Waals surface area contributed by atoms with E-state index in [-0.39, 0.29) is 12.4 Å². The maximum Gasteiger partial charge on any atom is 0.211 e. The number of rotatable bonds is 4. The number of anilines is 2. The summed E-state index contributed by atoms with van der Waals surface area (Å²) in [7, 11) is 3.85. The number of aryl methyl sites for hydroxylation is 2. The van der Waals surface area contributed by atoms with Crippen molar-refractivity contribution < 1.29 is 17.8 Å². The van der Waals surface area contributed by atoms with Gasteiger partial charge in [0.25, 0.3) is 0 Å². The lowest BCUT2D eigenvalue weighted by molar-refractivity contribution is -0.111. The van der Waals surface area contributed by atoms with E-state index in [1.54, 1.807) is 0 Å². The van der Waals surface area contributed by atoms with Crippen LogP contribution in [0.4, 0.5) is 11.4 Å². The second kappa shape index (κ2) is 7.14. The van der Waals surface area contributed by atoms with Gasteiger partial charge >= 0.3 is 0 Å². The maximum absolute atomic E-state index is 6.31. The van der Waals surface area contributed by atoms with Crippen LogP contribution in [0.1, 0.15) is 22.3 Å². The molecule has 0 saturated carbocycles. The summed E-state index contributed by atoms with van der Waals surface area (Å²) in [4.78, 5) is 0. The lowest BCUT2D eigenvalue weighted by Gasteiger charge is -2.09. The fourth-order valence-electron chi connectivity index (χ4n) is 2.39. The second-order valence-corrected chi connectivity index (χ2v) is 4.97. The van der Waals surface area contributed by atoms with E-state index in [2.05, 4.69) is 60.9 Å². The Kier molecular flexibility index (Phi) is 5.79. The topological polar surface area (TPSA) is 49.6 Å². The Morgan fingerprint density at radius 3 is 1.48 bits per heavy atom. The fraction of sp³-hybridized carbons (Fsp3) is 0.235. The molecule has 112 valence electrons. The van der Waals surface area contributed by atoms with Gasteiger partial charge in [0.2, 0.25) is 5.71 Å². The van der Waals surface area contributed by atoms with Crippen molar-refractivity contribution in [3.8, 4) is 0 Å². The summed E-state index contributed by atoms with van der Waals surface area (Å²) < 4.78 is 0. The normalized spacial score (nSPS) is 9.71. The highest BCUT2D eigenvalue weighted by Crippen LogP contribution is 2.20. The summed E-state index contributed by atoms with van der Waals surface area (Å²) in [5.74, 6) is 0. The number of hydrogen-bond donors (Lipinski definition) is 3. The molecule has 0 aliphatic carbocycles. The molecule has 0 spiro atoms.